The van der Waals surface area contributed by atoms with E-state index in [1.807, 2.05) is 0 Å². The largest absolute Gasteiger partial charge is 0.507 e. The van der Waals surface area contributed by atoms with Crippen molar-refractivity contribution in [1.29, 1.82) is 0 Å². The van der Waals surface area contributed by atoms with Crippen molar-refractivity contribution in [3.63, 3.8) is 0 Å². The quantitative estimate of drug-likeness (QED) is 0.521. The highest BCUT2D eigenvalue weighted by Gasteiger charge is 2.62. The summed E-state index contributed by atoms with van der Waals surface area (Å²) in [7, 11) is 0. The molecule has 0 unspecified atom stereocenters. The molecule has 2 aromatic rings. The van der Waals surface area contributed by atoms with Crippen molar-refractivity contribution in [2.45, 2.75) is 57.3 Å². The Kier molecular flexibility index (Phi) is 5.32. The van der Waals surface area contributed by atoms with Gasteiger partial charge in [0.05, 0.1) is 11.6 Å². The molecule has 4 rings (SSSR count). The average molecular weight is 447 g/mol. The van der Waals surface area contributed by atoms with Crippen LogP contribution in [-0.4, -0.2) is 33.3 Å². The molecular weight excluding hydrogens is 421 g/mol. The minimum Gasteiger partial charge on any atom is -0.507 e. The molecule has 2 aliphatic rings. The van der Waals surface area contributed by atoms with Crippen LogP contribution in [0.3, 0.4) is 0 Å². The fourth-order valence-electron chi connectivity index (χ4n) is 4.88. The third kappa shape index (κ3) is 3.28. The number of rotatable bonds is 3. The number of phenols is 1. The van der Waals surface area contributed by atoms with Gasteiger partial charge >= 0.3 is 6.18 Å². The summed E-state index contributed by atoms with van der Waals surface area (Å²) < 4.78 is 43.8. The van der Waals surface area contributed by atoms with Crippen molar-refractivity contribution < 1.29 is 28.1 Å². The Bertz CT molecular complexity index is 1130. The Labute approximate surface area is 184 Å². The molecule has 3 N–H and O–H groups in total. The van der Waals surface area contributed by atoms with Gasteiger partial charge in [0.2, 0.25) is 6.54 Å². The van der Waals surface area contributed by atoms with Crippen LogP contribution in [0, 0.1) is 18.8 Å². The summed E-state index contributed by atoms with van der Waals surface area (Å²) in [6.45, 7) is 5.34. The molecular formula is C24H26F3N2O3+. The molecule has 0 bridgehead atoms. The zero-order valence-corrected chi connectivity index (χ0v) is 18.1. The molecule has 2 aromatic carbocycles. The number of phenolic OH excluding ortho intramolecular Hbond substituents is 1. The van der Waals surface area contributed by atoms with Gasteiger partial charge in [-0.2, -0.15) is 13.2 Å². The van der Waals surface area contributed by atoms with Crippen LogP contribution in [0.1, 0.15) is 59.5 Å². The molecule has 0 saturated heterocycles. The number of alkyl halides is 3. The summed E-state index contributed by atoms with van der Waals surface area (Å²) in [5.41, 5.74) is -0.0368. The van der Waals surface area contributed by atoms with Gasteiger partial charge in [-0.3, -0.25) is 0 Å². The van der Waals surface area contributed by atoms with Crippen LogP contribution in [-0.2, 0) is 0 Å². The first-order chi connectivity index (χ1) is 15.0. The van der Waals surface area contributed by atoms with Crippen molar-refractivity contribution in [2.75, 3.05) is 11.9 Å². The molecule has 0 radical (unpaired) electrons. The Balaban J connectivity index is 1.94. The van der Waals surface area contributed by atoms with Crippen molar-refractivity contribution >= 4 is 17.5 Å². The molecule has 1 aliphatic carbocycles. The normalized spacial score (nSPS) is 24.8. The molecule has 5 nitrogen and oxygen atoms in total. The molecule has 170 valence electrons. The first-order valence-electron chi connectivity index (χ1n) is 10.6. The first kappa shape index (κ1) is 22.3. The van der Waals surface area contributed by atoms with Crippen LogP contribution in [0.5, 0.6) is 5.75 Å². The SMILES string of the molecule is CC[C@@H]1C[C@@](O)(C(F)(F)F)[C@@H](Nc2cccc3c2C=CC[N+]3=O)c2cc(C)c(C)c(O)c21. The standard InChI is InChI=1S/C24H25F3N2O3/c1-4-15-12-23(31,24(25,26)27)22(17-11-13(2)14(3)21(30)20(15)17)28-18-8-5-9-19-16(18)7-6-10-29(19)32/h5-9,11,15,22,28,31H,4,10,12H2,1-3H3/p+1/t15-,22+,23+/m1/s1. The van der Waals surface area contributed by atoms with Gasteiger partial charge in [-0.05, 0) is 67.5 Å². The van der Waals surface area contributed by atoms with E-state index in [4.69, 9.17) is 0 Å². The average Bonchev–Trinajstić information content (AvgIpc) is 2.73. The number of aromatic hydroxyl groups is 1. The molecule has 8 heteroatoms. The monoisotopic (exact) mass is 447 g/mol. The van der Waals surface area contributed by atoms with Gasteiger partial charge in [0.25, 0.3) is 5.69 Å². The van der Waals surface area contributed by atoms with E-state index in [1.54, 1.807) is 57.2 Å². The number of aliphatic hydroxyl groups is 1. The van der Waals surface area contributed by atoms with E-state index in [2.05, 4.69) is 5.32 Å². The third-order valence-corrected chi connectivity index (χ3v) is 6.83. The smallest absolute Gasteiger partial charge is 0.419 e. The second-order valence-electron chi connectivity index (χ2n) is 8.68. The van der Waals surface area contributed by atoms with Crippen LogP contribution in [0.15, 0.2) is 30.3 Å². The van der Waals surface area contributed by atoms with Crippen LogP contribution in [0.4, 0.5) is 24.5 Å². The second-order valence-corrected chi connectivity index (χ2v) is 8.68. The number of aryl methyl sites for hydroxylation is 1. The highest BCUT2D eigenvalue weighted by Crippen LogP contribution is 2.56. The van der Waals surface area contributed by atoms with Crippen molar-refractivity contribution in [1.82, 2.24) is 0 Å². The van der Waals surface area contributed by atoms with Gasteiger partial charge in [-0.15, -0.1) is 0 Å². The summed E-state index contributed by atoms with van der Waals surface area (Å²) in [6, 6.07) is 4.84. The number of benzene rings is 2. The van der Waals surface area contributed by atoms with Crippen LogP contribution >= 0.6 is 0 Å². The van der Waals surface area contributed by atoms with E-state index < -0.39 is 30.2 Å². The number of hydrogen-bond acceptors (Lipinski definition) is 4. The number of hydrogen-bond donors (Lipinski definition) is 3. The maximum absolute atomic E-state index is 14.3. The van der Waals surface area contributed by atoms with E-state index in [0.29, 0.717) is 40.0 Å². The third-order valence-electron chi connectivity index (χ3n) is 6.83. The van der Waals surface area contributed by atoms with Crippen molar-refractivity contribution in [3.05, 3.63) is 63.1 Å². The minimum atomic E-state index is -4.92. The summed E-state index contributed by atoms with van der Waals surface area (Å²) in [5, 5.41) is 24.9. The van der Waals surface area contributed by atoms with Gasteiger partial charge in [0.1, 0.15) is 5.75 Å². The summed E-state index contributed by atoms with van der Waals surface area (Å²) >= 11 is 0. The Morgan fingerprint density at radius 3 is 2.66 bits per heavy atom. The fraction of sp³-hybridized carbons (Fsp3) is 0.417. The predicted molar refractivity (Wildman–Crippen MR) is 116 cm³/mol. The number of nitroso groups, excluding NO2 is 1. The maximum atomic E-state index is 14.3. The van der Waals surface area contributed by atoms with Crippen molar-refractivity contribution in [3.8, 4) is 5.75 Å². The molecule has 3 atom stereocenters. The zero-order chi connectivity index (χ0) is 23.4. The number of halogens is 3. The Morgan fingerprint density at radius 1 is 1.28 bits per heavy atom. The number of nitrogens with one attached hydrogen (secondary N) is 1. The maximum Gasteiger partial charge on any atom is 0.419 e. The topological polar surface area (TPSA) is 72.6 Å². The minimum absolute atomic E-state index is 0.0244. The number of fused-ring (bicyclic) bond motifs is 2. The second kappa shape index (κ2) is 7.62. The van der Waals surface area contributed by atoms with Gasteiger partial charge in [0.15, 0.2) is 5.60 Å². The molecule has 0 spiro atoms. The lowest BCUT2D eigenvalue weighted by atomic mass is 9.68. The fourth-order valence-corrected chi connectivity index (χ4v) is 4.88. The van der Waals surface area contributed by atoms with Crippen molar-refractivity contribution in [2.24, 2.45) is 0 Å². The van der Waals surface area contributed by atoms with Gasteiger partial charge in [-0.25, -0.2) is 0 Å². The summed E-state index contributed by atoms with van der Waals surface area (Å²) in [5.74, 6) is -0.681. The lowest BCUT2D eigenvalue weighted by Gasteiger charge is -2.46. The molecule has 0 fully saturated rings. The molecule has 0 aromatic heterocycles. The van der Waals surface area contributed by atoms with E-state index in [-0.39, 0.29) is 17.9 Å². The van der Waals surface area contributed by atoms with Crippen LogP contribution < -0.4 is 5.32 Å². The Morgan fingerprint density at radius 2 is 2.00 bits per heavy atom. The van der Waals surface area contributed by atoms with E-state index in [1.165, 1.54) is 0 Å². The molecule has 1 heterocycles. The van der Waals surface area contributed by atoms with E-state index >= 15 is 0 Å². The number of anilines is 1. The highest BCUT2D eigenvalue weighted by atomic mass is 19.4. The van der Waals surface area contributed by atoms with Gasteiger partial charge in [-0.1, -0.05) is 19.1 Å². The molecule has 1 aliphatic heterocycles. The zero-order valence-electron chi connectivity index (χ0n) is 18.1. The van der Waals surface area contributed by atoms with Crippen LogP contribution in [0.25, 0.3) is 6.08 Å². The number of nitrogens with zero attached hydrogens (tertiary/aromatic N) is 1. The summed E-state index contributed by atoms with van der Waals surface area (Å²) in [6.07, 6.45) is -1.83. The lowest BCUT2D eigenvalue weighted by Crippen LogP contribution is -2.55. The Hall–Kier alpha value is -2.87. The first-order valence-corrected chi connectivity index (χ1v) is 10.6. The molecule has 32 heavy (non-hydrogen) atoms. The predicted octanol–water partition coefficient (Wildman–Crippen LogP) is 5.79. The molecule has 0 saturated carbocycles. The van der Waals surface area contributed by atoms with Gasteiger partial charge in [0, 0.05) is 27.0 Å². The van der Waals surface area contributed by atoms with Gasteiger partial charge < -0.3 is 15.5 Å². The van der Waals surface area contributed by atoms with Crippen LogP contribution in [0.2, 0.25) is 0 Å². The van der Waals surface area contributed by atoms with E-state index in [0.717, 1.165) is 4.76 Å². The van der Waals surface area contributed by atoms with E-state index in [9.17, 15) is 28.3 Å². The highest BCUT2D eigenvalue weighted by molar-refractivity contribution is 5.76. The summed E-state index contributed by atoms with van der Waals surface area (Å²) in [4.78, 5) is 12.2. The molecule has 0 amide bonds. The lowest BCUT2D eigenvalue weighted by molar-refractivity contribution is -0.452.